The van der Waals surface area contributed by atoms with Crippen LogP contribution in [0.25, 0.3) is 11.0 Å². The van der Waals surface area contributed by atoms with E-state index in [1.807, 2.05) is 13.8 Å². The van der Waals surface area contributed by atoms with Gasteiger partial charge in [-0.05, 0) is 63.5 Å². The van der Waals surface area contributed by atoms with Gasteiger partial charge in [0.05, 0.1) is 23.7 Å². The van der Waals surface area contributed by atoms with Crippen molar-refractivity contribution in [2.75, 3.05) is 13.6 Å². The largest absolute Gasteiger partial charge is 0.471 e. The zero-order valence-electron chi connectivity index (χ0n) is 29.6. The standard InChI is InChI=1S/C31H39F4N5O6.C4H9F/c1-4-8-18-23-15-40(24(18)26(41)36-3)28(42)19(5-2)39-30(43)46-22-13-16(22)9-6-7-12-31(34,35)25-27(45-23)38-21-14-17(44-29(32)33)10-11-20(21)37-25;1-3-4(2)5/h10-11,14,16,18-19,22-24,29H,4-9,12-13,15H2,1-3H3,(H,36,41)(H,39,43);4H,3H2,1-2H3/t16-,18-,19+,22-,23+,24+;/m1./s1. The van der Waals surface area contributed by atoms with Gasteiger partial charge in [-0.1, -0.05) is 33.6 Å². The van der Waals surface area contributed by atoms with Crippen LogP contribution in [0.4, 0.5) is 26.7 Å². The van der Waals surface area contributed by atoms with E-state index in [4.69, 9.17) is 9.47 Å². The number of carbonyl (C=O) groups is 3. The van der Waals surface area contributed by atoms with Crippen LogP contribution in [0.15, 0.2) is 18.2 Å². The lowest BCUT2D eigenvalue weighted by Gasteiger charge is -2.29. The molecule has 284 valence electrons. The molecule has 51 heavy (non-hydrogen) atoms. The first-order valence-corrected chi connectivity index (χ1v) is 17.7. The van der Waals surface area contributed by atoms with Crippen molar-refractivity contribution in [2.24, 2.45) is 11.8 Å². The molecule has 11 nitrogen and oxygen atoms in total. The van der Waals surface area contributed by atoms with Gasteiger partial charge in [0.1, 0.15) is 30.0 Å². The van der Waals surface area contributed by atoms with Crippen molar-refractivity contribution in [3.8, 4) is 11.6 Å². The number of alkyl carbamates (subject to hydrolysis) is 1. The molecular formula is C35H48F5N5O6. The highest BCUT2D eigenvalue weighted by Crippen LogP contribution is 2.43. The minimum atomic E-state index is -3.48. The third-order valence-electron chi connectivity index (χ3n) is 9.45. The Hall–Kier alpha value is -3.98. The summed E-state index contributed by atoms with van der Waals surface area (Å²) in [7, 11) is 1.43. The SMILES string of the molecule is CCC(C)F.CCC[C@@H]1[C@@H]2CN(C(=O)[C@H](CC)NC(=O)O[C@@H]3C[C@H]3CCCCC(F)(F)c3nc4ccc(OC(F)F)cc4nc3O2)[C@@H]1C(=O)NC. The summed E-state index contributed by atoms with van der Waals surface area (Å²) in [5.41, 5.74) is -0.697. The zero-order valence-corrected chi connectivity index (χ0v) is 29.6. The summed E-state index contributed by atoms with van der Waals surface area (Å²) in [6, 6.07) is 1.58. The molecule has 1 unspecified atom stereocenters. The Kier molecular flexibility index (Phi) is 13.7. The minimum absolute atomic E-state index is 0.0100. The van der Waals surface area contributed by atoms with Crippen molar-refractivity contribution < 1.29 is 50.5 Å². The van der Waals surface area contributed by atoms with Crippen molar-refractivity contribution in [1.29, 1.82) is 0 Å². The van der Waals surface area contributed by atoms with E-state index in [1.165, 1.54) is 24.1 Å². The number of amides is 3. The molecule has 2 N–H and O–H groups in total. The van der Waals surface area contributed by atoms with Gasteiger partial charge in [-0.25, -0.2) is 19.2 Å². The van der Waals surface area contributed by atoms with Crippen LogP contribution in [0.5, 0.6) is 11.6 Å². The molecule has 5 rings (SSSR count). The van der Waals surface area contributed by atoms with Gasteiger partial charge in [-0.2, -0.15) is 17.6 Å². The van der Waals surface area contributed by atoms with Crippen molar-refractivity contribution in [3.05, 3.63) is 23.9 Å². The van der Waals surface area contributed by atoms with Crippen LogP contribution < -0.4 is 20.1 Å². The number of fused-ring (bicyclic) bond motifs is 5. The smallest absolute Gasteiger partial charge is 0.408 e. The van der Waals surface area contributed by atoms with E-state index in [0.717, 1.165) is 6.07 Å². The normalized spacial score (nSPS) is 26.9. The predicted molar refractivity (Wildman–Crippen MR) is 177 cm³/mol. The topological polar surface area (TPSA) is 132 Å². The molecule has 16 heteroatoms. The van der Waals surface area contributed by atoms with E-state index in [2.05, 4.69) is 25.3 Å². The average molecular weight is 730 g/mol. The highest BCUT2D eigenvalue weighted by atomic mass is 19.3. The van der Waals surface area contributed by atoms with Gasteiger partial charge < -0.3 is 29.7 Å². The van der Waals surface area contributed by atoms with Crippen molar-refractivity contribution in [1.82, 2.24) is 25.5 Å². The highest BCUT2D eigenvalue weighted by molar-refractivity contribution is 5.92. The maximum Gasteiger partial charge on any atom is 0.408 e. The summed E-state index contributed by atoms with van der Waals surface area (Å²) in [5.74, 6) is -5.87. The van der Waals surface area contributed by atoms with Crippen LogP contribution in [0, 0.1) is 11.8 Å². The molecule has 7 atom stereocenters. The van der Waals surface area contributed by atoms with Crippen LogP contribution in [-0.2, 0) is 20.2 Å². The Morgan fingerprint density at radius 3 is 2.45 bits per heavy atom. The van der Waals surface area contributed by atoms with Gasteiger partial charge in [0.15, 0.2) is 5.69 Å². The monoisotopic (exact) mass is 729 g/mol. The van der Waals surface area contributed by atoms with E-state index in [-0.39, 0.29) is 48.2 Å². The molecule has 0 radical (unpaired) electrons. The van der Waals surface area contributed by atoms with Gasteiger partial charge in [-0.15, -0.1) is 0 Å². The number of carbonyl (C=O) groups excluding carboxylic acids is 3. The summed E-state index contributed by atoms with van der Waals surface area (Å²) in [6.45, 7) is 3.69. The van der Waals surface area contributed by atoms with Gasteiger partial charge in [0.2, 0.25) is 17.7 Å². The lowest BCUT2D eigenvalue weighted by molar-refractivity contribution is -0.140. The maximum atomic E-state index is 16.0. The third-order valence-corrected chi connectivity index (χ3v) is 9.45. The highest BCUT2D eigenvalue weighted by Gasteiger charge is 2.51. The summed E-state index contributed by atoms with van der Waals surface area (Å²) in [6.07, 6.45) is 0.320. The average Bonchev–Trinajstić information content (AvgIpc) is 3.73. The molecule has 2 fully saturated rings. The number of nitrogens with zero attached hydrogens (tertiary/aromatic N) is 3. The molecule has 2 bridgehead atoms. The van der Waals surface area contributed by atoms with Crippen LogP contribution in [0.3, 0.4) is 0 Å². The van der Waals surface area contributed by atoms with E-state index >= 15 is 8.78 Å². The summed E-state index contributed by atoms with van der Waals surface area (Å²) in [4.78, 5) is 49.7. The minimum Gasteiger partial charge on any atom is -0.471 e. The van der Waals surface area contributed by atoms with Crippen LogP contribution >= 0.6 is 0 Å². The van der Waals surface area contributed by atoms with E-state index in [1.54, 1.807) is 13.8 Å². The summed E-state index contributed by atoms with van der Waals surface area (Å²) in [5, 5.41) is 5.22. The van der Waals surface area contributed by atoms with E-state index in [9.17, 15) is 27.6 Å². The molecule has 2 aromatic rings. The second-order valence-corrected chi connectivity index (χ2v) is 13.2. The number of rotatable bonds is 7. The number of aromatic nitrogens is 2. The maximum absolute atomic E-state index is 16.0. The van der Waals surface area contributed by atoms with Crippen LogP contribution in [-0.4, -0.2) is 83.4 Å². The number of benzene rings is 1. The molecule has 1 aromatic heterocycles. The summed E-state index contributed by atoms with van der Waals surface area (Å²) < 4.78 is 85.4. The van der Waals surface area contributed by atoms with E-state index in [0.29, 0.717) is 38.5 Å². The van der Waals surface area contributed by atoms with Crippen molar-refractivity contribution in [3.63, 3.8) is 0 Å². The number of alkyl halides is 5. The number of halogens is 5. The quantitative estimate of drug-likeness (QED) is 0.303. The Labute approximate surface area is 294 Å². The Morgan fingerprint density at radius 2 is 1.82 bits per heavy atom. The number of nitrogens with one attached hydrogen (secondary N) is 2. The second kappa shape index (κ2) is 17.5. The lowest BCUT2D eigenvalue weighted by atomic mass is 9.92. The number of hydrogen-bond acceptors (Lipinski definition) is 8. The first kappa shape index (κ1) is 39.8. The van der Waals surface area contributed by atoms with Gasteiger partial charge in [0.25, 0.3) is 5.92 Å². The molecule has 1 aromatic carbocycles. The Bertz CT molecular complexity index is 1520. The molecule has 3 heterocycles. The number of ether oxygens (including phenoxy) is 3. The predicted octanol–water partition coefficient (Wildman–Crippen LogP) is 6.67. The molecule has 3 aliphatic rings. The number of likely N-dealkylation sites (N-methyl/N-ethyl adjacent to an activating group) is 1. The number of hydrogen-bond donors (Lipinski definition) is 2. The Balaban J connectivity index is 0.00000109. The summed E-state index contributed by atoms with van der Waals surface area (Å²) >= 11 is 0. The van der Waals surface area contributed by atoms with Gasteiger partial charge >= 0.3 is 12.7 Å². The lowest BCUT2D eigenvalue weighted by Crippen LogP contribution is -2.54. The third kappa shape index (κ3) is 10.1. The van der Waals surface area contributed by atoms with Crippen molar-refractivity contribution >= 4 is 28.9 Å². The molecule has 3 amide bonds. The van der Waals surface area contributed by atoms with Gasteiger partial charge in [0, 0.05) is 25.5 Å². The molecule has 1 saturated carbocycles. The fraction of sp³-hybridized carbons (Fsp3) is 0.686. The van der Waals surface area contributed by atoms with Crippen LogP contribution in [0.2, 0.25) is 0 Å². The zero-order chi connectivity index (χ0) is 37.5. The molecule has 0 spiro atoms. The molecule has 1 aliphatic carbocycles. The van der Waals surface area contributed by atoms with E-state index < -0.39 is 78.7 Å². The van der Waals surface area contributed by atoms with Gasteiger partial charge in [-0.3, -0.25) is 9.59 Å². The van der Waals surface area contributed by atoms with Crippen molar-refractivity contribution in [2.45, 2.75) is 128 Å². The molecular weight excluding hydrogens is 681 g/mol. The fourth-order valence-corrected chi connectivity index (χ4v) is 6.44. The van der Waals surface area contributed by atoms with Crippen LogP contribution in [0.1, 0.15) is 91.2 Å². The molecule has 1 saturated heterocycles. The second-order valence-electron chi connectivity index (χ2n) is 13.2. The Morgan fingerprint density at radius 1 is 1.10 bits per heavy atom. The first-order chi connectivity index (χ1) is 24.2. The first-order valence-electron chi connectivity index (χ1n) is 17.7. The molecule has 2 aliphatic heterocycles. The fourth-order valence-electron chi connectivity index (χ4n) is 6.44.